The number of pyridine rings is 1. The zero-order chi connectivity index (χ0) is 30.4. The van der Waals surface area contributed by atoms with Gasteiger partial charge in [-0.2, -0.15) is 0 Å². The van der Waals surface area contributed by atoms with Gasteiger partial charge in [0.15, 0.2) is 0 Å². The number of nitrogens with zero attached hydrogens (tertiary/aromatic N) is 3. The van der Waals surface area contributed by atoms with Crippen LogP contribution in [0.1, 0.15) is 69.5 Å². The number of methoxy groups -OCH3 is 2. The van der Waals surface area contributed by atoms with Gasteiger partial charge < -0.3 is 19.1 Å². The fourth-order valence-corrected chi connectivity index (χ4v) is 6.62. The molecule has 0 aliphatic heterocycles. The number of amides is 1. The maximum Gasteiger partial charge on any atom is 0.305 e. The van der Waals surface area contributed by atoms with Crippen molar-refractivity contribution in [2.75, 3.05) is 27.8 Å². The van der Waals surface area contributed by atoms with E-state index in [1.807, 2.05) is 38.2 Å². The SMILES string of the molecule is C=CCCCCN(C)C(=O)C1CC(Oc2cc(-c3nc(C(C)C)cs3)nc3c(C)c(OC)ccc23)CC1CC(=O)OC. The molecule has 3 atom stereocenters. The lowest BCUT2D eigenvalue weighted by Gasteiger charge is -2.24. The van der Waals surface area contributed by atoms with Gasteiger partial charge in [-0.25, -0.2) is 9.97 Å². The average Bonchev–Trinajstić information content (AvgIpc) is 3.63. The number of hydrogen-bond acceptors (Lipinski definition) is 8. The largest absolute Gasteiger partial charge is 0.496 e. The molecule has 1 aromatic carbocycles. The molecule has 2 aromatic heterocycles. The number of carbonyl (C=O) groups excluding carboxylic acids is 2. The molecule has 1 saturated carbocycles. The molecule has 2 heterocycles. The number of allylic oxidation sites excluding steroid dienone is 1. The third-order valence-corrected chi connectivity index (χ3v) is 9.03. The molecule has 8 nitrogen and oxygen atoms in total. The number of hydrogen-bond donors (Lipinski definition) is 0. The minimum atomic E-state index is -0.319. The van der Waals surface area contributed by atoms with E-state index in [-0.39, 0.29) is 36.2 Å². The standard InChI is InChI=1S/C33H43N3O5S/c1-8-9-10-11-14-36(5)33(38)25-17-23(15-22(25)16-30(37)40-7)41-29-18-26(32-35-27(19-42-32)20(2)3)34-31-21(4)28(39-6)13-12-24(29)31/h8,12-13,18-20,22-23,25H,1,9-11,14-17H2,2-7H3. The summed E-state index contributed by atoms with van der Waals surface area (Å²) in [7, 11) is 4.88. The van der Waals surface area contributed by atoms with Crippen molar-refractivity contribution >= 4 is 34.1 Å². The second-order valence-electron chi connectivity index (χ2n) is 11.4. The summed E-state index contributed by atoms with van der Waals surface area (Å²) in [5.74, 6) is 1.02. The first kappa shape index (κ1) is 31.5. The van der Waals surface area contributed by atoms with Crippen molar-refractivity contribution in [1.82, 2.24) is 14.9 Å². The van der Waals surface area contributed by atoms with Gasteiger partial charge >= 0.3 is 5.97 Å². The van der Waals surface area contributed by atoms with Crippen LogP contribution in [0, 0.1) is 18.8 Å². The fraction of sp³-hybridized carbons (Fsp3) is 0.515. The molecule has 3 unspecified atom stereocenters. The number of benzene rings is 1. The molecule has 0 saturated heterocycles. The second kappa shape index (κ2) is 14.1. The number of aryl methyl sites for hydroxylation is 1. The molecular weight excluding hydrogens is 550 g/mol. The fourth-order valence-electron chi connectivity index (χ4n) is 5.68. The Hall–Kier alpha value is -3.46. The van der Waals surface area contributed by atoms with Crippen LogP contribution < -0.4 is 9.47 Å². The van der Waals surface area contributed by atoms with E-state index in [2.05, 4.69) is 25.8 Å². The Morgan fingerprint density at radius 1 is 1.17 bits per heavy atom. The number of ether oxygens (including phenoxy) is 3. The van der Waals surface area contributed by atoms with E-state index in [0.29, 0.717) is 31.1 Å². The van der Waals surface area contributed by atoms with Crippen LogP contribution in [-0.2, 0) is 14.3 Å². The average molecular weight is 594 g/mol. The predicted molar refractivity (Wildman–Crippen MR) is 167 cm³/mol. The van der Waals surface area contributed by atoms with Crippen molar-refractivity contribution in [2.24, 2.45) is 11.8 Å². The molecule has 0 spiro atoms. The maximum atomic E-state index is 13.6. The monoisotopic (exact) mass is 593 g/mol. The van der Waals surface area contributed by atoms with Gasteiger partial charge in [0.25, 0.3) is 0 Å². The summed E-state index contributed by atoms with van der Waals surface area (Å²) < 4.78 is 17.3. The highest BCUT2D eigenvalue weighted by Crippen LogP contribution is 2.41. The molecule has 1 aliphatic rings. The summed E-state index contributed by atoms with van der Waals surface area (Å²) in [6.07, 6.45) is 5.78. The molecule has 226 valence electrons. The van der Waals surface area contributed by atoms with E-state index >= 15 is 0 Å². The first-order valence-electron chi connectivity index (χ1n) is 14.7. The lowest BCUT2D eigenvalue weighted by atomic mass is 9.91. The molecule has 1 amide bonds. The Morgan fingerprint density at radius 2 is 1.95 bits per heavy atom. The van der Waals surface area contributed by atoms with Gasteiger partial charge in [-0.3, -0.25) is 9.59 Å². The van der Waals surface area contributed by atoms with Crippen molar-refractivity contribution in [3.8, 4) is 22.2 Å². The zero-order valence-electron chi connectivity index (χ0n) is 25.6. The van der Waals surface area contributed by atoms with E-state index in [4.69, 9.17) is 24.2 Å². The predicted octanol–water partition coefficient (Wildman–Crippen LogP) is 6.95. The molecule has 42 heavy (non-hydrogen) atoms. The van der Waals surface area contributed by atoms with Gasteiger partial charge in [0.2, 0.25) is 5.91 Å². The number of carbonyl (C=O) groups is 2. The minimum absolute atomic E-state index is 0.0541. The summed E-state index contributed by atoms with van der Waals surface area (Å²) in [4.78, 5) is 37.5. The van der Waals surface area contributed by atoms with E-state index in [1.54, 1.807) is 23.3 Å². The van der Waals surface area contributed by atoms with Crippen molar-refractivity contribution in [1.29, 1.82) is 0 Å². The maximum absolute atomic E-state index is 13.6. The van der Waals surface area contributed by atoms with Gasteiger partial charge in [-0.1, -0.05) is 19.9 Å². The van der Waals surface area contributed by atoms with Crippen LogP contribution in [-0.4, -0.2) is 60.7 Å². The summed E-state index contributed by atoms with van der Waals surface area (Å²) in [5, 5.41) is 3.77. The van der Waals surface area contributed by atoms with Crippen LogP contribution in [0.2, 0.25) is 0 Å². The van der Waals surface area contributed by atoms with Gasteiger partial charge in [-0.05, 0) is 63.0 Å². The highest BCUT2D eigenvalue weighted by Gasteiger charge is 2.42. The smallest absolute Gasteiger partial charge is 0.305 e. The van der Waals surface area contributed by atoms with Crippen LogP contribution in [0.3, 0.4) is 0 Å². The van der Waals surface area contributed by atoms with Crippen molar-refractivity contribution in [2.45, 2.75) is 71.3 Å². The Morgan fingerprint density at radius 3 is 2.62 bits per heavy atom. The van der Waals surface area contributed by atoms with Crippen molar-refractivity contribution < 1.29 is 23.8 Å². The minimum Gasteiger partial charge on any atom is -0.496 e. The molecular formula is C33H43N3O5S. The number of esters is 1. The van der Waals surface area contributed by atoms with Crippen LogP contribution in [0.15, 0.2) is 36.2 Å². The molecule has 9 heteroatoms. The van der Waals surface area contributed by atoms with Gasteiger partial charge in [0, 0.05) is 48.3 Å². The summed E-state index contributed by atoms with van der Waals surface area (Å²) in [6, 6.07) is 5.84. The first-order chi connectivity index (χ1) is 20.2. The third-order valence-electron chi connectivity index (χ3n) is 8.15. The van der Waals surface area contributed by atoms with E-state index < -0.39 is 0 Å². The van der Waals surface area contributed by atoms with Crippen LogP contribution in [0.5, 0.6) is 11.5 Å². The summed E-state index contributed by atoms with van der Waals surface area (Å²) >= 11 is 1.57. The van der Waals surface area contributed by atoms with Crippen molar-refractivity contribution in [3.63, 3.8) is 0 Å². The number of thiazole rings is 1. The second-order valence-corrected chi connectivity index (χ2v) is 12.3. The van der Waals surface area contributed by atoms with E-state index in [1.165, 1.54) is 7.11 Å². The van der Waals surface area contributed by atoms with E-state index in [9.17, 15) is 9.59 Å². The molecule has 0 radical (unpaired) electrons. The number of fused-ring (bicyclic) bond motifs is 1. The zero-order valence-corrected chi connectivity index (χ0v) is 26.5. The summed E-state index contributed by atoms with van der Waals surface area (Å²) in [5.41, 5.74) is 3.47. The Bertz CT molecular complexity index is 1420. The Kier molecular flexibility index (Phi) is 10.6. The summed E-state index contributed by atoms with van der Waals surface area (Å²) in [6.45, 7) is 10.7. The molecule has 4 rings (SSSR count). The van der Waals surface area contributed by atoms with Gasteiger partial charge in [-0.15, -0.1) is 17.9 Å². The van der Waals surface area contributed by atoms with Crippen LogP contribution >= 0.6 is 11.3 Å². The first-order valence-corrected chi connectivity index (χ1v) is 15.6. The lowest BCUT2D eigenvalue weighted by molar-refractivity contribution is -0.143. The normalized spacial score (nSPS) is 18.3. The van der Waals surface area contributed by atoms with E-state index in [0.717, 1.165) is 57.9 Å². The van der Waals surface area contributed by atoms with Crippen molar-refractivity contribution in [3.05, 3.63) is 47.5 Å². The molecule has 1 aliphatic carbocycles. The quantitative estimate of drug-likeness (QED) is 0.120. The lowest BCUT2D eigenvalue weighted by Crippen LogP contribution is -2.36. The Balaban J connectivity index is 1.65. The number of unbranched alkanes of at least 4 members (excludes halogenated alkanes) is 2. The van der Waals surface area contributed by atoms with Crippen LogP contribution in [0.4, 0.5) is 0 Å². The molecule has 3 aromatic rings. The highest BCUT2D eigenvalue weighted by atomic mass is 32.1. The topological polar surface area (TPSA) is 90.9 Å². The van der Waals surface area contributed by atoms with Gasteiger partial charge in [0.1, 0.15) is 22.2 Å². The Labute approximate surface area is 253 Å². The molecule has 1 fully saturated rings. The number of aromatic nitrogens is 2. The van der Waals surface area contributed by atoms with Gasteiger partial charge in [0.05, 0.1) is 31.5 Å². The molecule has 0 N–H and O–H groups in total. The van der Waals surface area contributed by atoms with Crippen LogP contribution in [0.25, 0.3) is 21.6 Å². The molecule has 0 bridgehead atoms. The number of rotatable bonds is 13. The highest BCUT2D eigenvalue weighted by molar-refractivity contribution is 7.13. The third kappa shape index (κ3) is 7.12.